The van der Waals surface area contributed by atoms with E-state index in [9.17, 15) is 13.2 Å². The van der Waals surface area contributed by atoms with E-state index in [-0.39, 0.29) is 34.7 Å². The molecular weight excluding hydrogens is 380 g/mol. The molecule has 0 spiro atoms. The van der Waals surface area contributed by atoms with Gasteiger partial charge in [-0.25, -0.2) is 13.1 Å². The summed E-state index contributed by atoms with van der Waals surface area (Å²) >= 11 is 6.06. The summed E-state index contributed by atoms with van der Waals surface area (Å²) in [5, 5.41) is 2.58. The number of rotatable bonds is 7. The summed E-state index contributed by atoms with van der Waals surface area (Å²) in [6.45, 7) is 0.401. The number of hydrogen-bond acceptors (Lipinski definition) is 5. The van der Waals surface area contributed by atoms with Gasteiger partial charge in [-0.1, -0.05) is 29.8 Å². The smallest absolute Gasteiger partial charge is 0.262 e. The van der Waals surface area contributed by atoms with Gasteiger partial charge in [-0.2, -0.15) is 0 Å². The van der Waals surface area contributed by atoms with Gasteiger partial charge in [-0.15, -0.1) is 0 Å². The van der Waals surface area contributed by atoms with E-state index >= 15 is 0 Å². The Kier molecular flexibility index (Phi) is 5.65. The van der Waals surface area contributed by atoms with Crippen LogP contribution in [0.3, 0.4) is 0 Å². The Morgan fingerprint density at radius 1 is 1.23 bits per heavy atom. The molecule has 0 unspecified atom stereocenters. The normalized spacial score (nSPS) is 13.5. The predicted octanol–water partition coefficient (Wildman–Crippen LogP) is 2.42. The molecule has 9 heteroatoms. The third-order valence-corrected chi connectivity index (χ3v) is 5.51. The summed E-state index contributed by atoms with van der Waals surface area (Å²) in [6, 6.07) is 11.9. The Morgan fingerprint density at radius 2 is 2.00 bits per heavy atom. The van der Waals surface area contributed by atoms with E-state index in [1.54, 1.807) is 0 Å². The van der Waals surface area contributed by atoms with Crippen molar-refractivity contribution < 1.29 is 22.7 Å². The molecule has 0 aromatic heterocycles. The first-order valence-electron chi connectivity index (χ1n) is 7.89. The van der Waals surface area contributed by atoms with Crippen molar-refractivity contribution in [1.82, 2.24) is 4.72 Å². The molecule has 0 atom stereocenters. The summed E-state index contributed by atoms with van der Waals surface area (Å²) in [5.41, 5.74) is 0.349. The molecule has 1 heterocycles. The Hall–Kier alpha value is -2.29. The van der Waals surface area contributed by atoms with Crippen LogP contribution in [0.4, 0.5) is 5.69 Å². The second kappa shape index (κ2) is 7.94. The molecule has 1 aliphatic heterocycles. The molecular formula is C17H17ClN2O5S. The van der Waals surface area contributed by atoms with Crippen LogP contribution in [0.15, 0.2) is 47.4 Å². The number of benzene rings is 2. The number of carbonyl (C=O) groups is 1. The standard InChI is InChI=1S/C17H17ClN2O5S/c18-13-9-14-15(25-11-17(21)20-14)10-16(13)26(22,23)19-7-4-8-24-12-5-2-1-3-6-12/h1-3,5-6,9-10,19H,4,7-8,11H2,(H,20,21). The SMILES string of the molecule is O=C1COc2cc(S(=O)(=O)NCCCOc3ccccc3)c(Cl)cc2N1. The topological polar surface area (TPSA) is 93.7 Å². The monoisotopic (exact) mass is 396 g/mol. The molecule has 0 bridgehead atoms. The Morgan fingerprint density at radius 3 is 2.77 bits per heavy atom. The number of para-hydroxylation sites is 1. The lowest BCUT2D eigenvalue weighted by atomic mass is 10.2. The van der Waals surface area contributed by atoms with Gasteiger partial charge in [0.1, 0.15) is 16.4 Å². The highest BCUT2D eigenvalue weighted by atomic mass is 35.5. The maximum atomic E-state index is 12.5. The minimum absolute atomic E-state index is 0.00239. The summed E-state index contributed by atoms with van der Waals surface area (Å²) in [4.78, 5) is 11.2. The highest BCUT2D eigenvalue weighted by Crippen LogP contribution is 2.35. The highest BCUT2D eigenvalue weighted by molar-refractivity contribution is 7.89. The second-order valence-corrected chi connectivity index (χ2v) is 7.67. The average molecular weight is 397 g/mol. The number of fused-ring (bicyclic) bond motifs is 1. The van der Waals surface area contributed by atoms with E-state index in [1.165, 1.54) is 12.1 Å². The van der Waals surface area contributed by atoms with Crippen LogP contribution in [0.2, 0.25) is 5.02 Å². The van der Waals surface area contributed by atoms with Crippen molar-refractivity contribution in [2.75, 3.05) is 25.1 Å². The maximum absolute atomic E-state index is 12.5. The Bertz CT molecular complexity index is 903. The molecule has 2 aromatic carbocycles. The minimum atomic E-state index is -3.81. The van der Waals surface area contributed by atoms with Gasteiger partial charge in [0.05, 0.1) is 17.3 Å². The number of halogens is 1. The van der Waals surface area contributed by atoms with Crippen molar-refractivity contribution >= 4 is 33.2 Å². The molecule has 1 amide bonds. The Balaban J connectivity index is 1.59. The Labute approximate surface area is 156 Å². The largest absolute Gasteiger partial charge is 0.494 e. The average Bonchev–Trinajstić information content (AvgIpc) is 2.61. The lowest BCUT2D eigenvalue weighted by molar-refractivity contribution is -0.118. The zero-order valence-electron chi connectivity index (χ0n) is 13.7. The number of carbonyl (C=O) groups excluding carboxylic acids is 1. The summed E-state index contributed by atoms with van der Waals surface area (Å²) in [5.74, 6) is 0.676. The van der Waals surface area contributed by atoms with Crippen molar-refractivity contribution in [2.45, 2.75) is 11.3 Å². The van der Waals surface area contributed by atoms with Crippen LogP contribution >= 0.6 is 11.6 Å². The number of anilines is 1. The minimum Gasteiger partial charge on any atom is -0.494 e. The van der Waals surface area contributed by atoms with Gasteiger partial charge in [0.25, 0.3) is 5.91 Å². The molecule has 138 valence electrons. The number of sulfonamides is 1. The molecule has 0 aliphatic carbocycles. The van der Waals surface area contributed by atoms with Gasteiger partial charge in [0.15, 0.2) is 6.61 Å². The maximum Gasteiger partial charge on any atom is 0.262 e. The first-order valence-corrected chi connectivity index (χ1v) is 9.75. The van der Waals surface area contributed by atoms with E-state index in [4.69, 9.17) is 21.1 Å². The van der Waals surface area contributed by atoms with Crippen LogP contribution in [-0.2, 0) is 14.8 Å². The molecule has 0 radical (unpaired) electrons. The number of amides is 1. The van der Waals surface area contributed by atoms with Gasteiger partial charge < -0.3 is 14.8 Å². The van der Waals surface area contributed by atoms with E-state index in [0.29, 0.717) is 18.7 Å². The first kappa shape index (κ1) is 18.5. The van der Waals surface area contributed by atoms with Gasteiger partial charge in [-0.3, -0.25) is 4.79 Å². The number of hydrogen-bond donors (Lipinski definition) is 2. The molecule has 0 saturated carbocycles. The van der Waals surface area contributed by atoms with E-state index in [0.717, 1.165) is 5.75 Å². The second-order valence-electron chi connectivity index (χ2n) is 5.53. The third kappa shape index (κ3) is 4.46. The molecule has 2 aromatic rings. The lowest BCUT2D eigenvalue weighted by Crippen LogP contribution is -2.28. The molecule has 7 nitrogen and oxygen atoms in total. The van der Waals surface area contributed by atoms with Gasteiger partial charge in [0.2, 0.25) is 10.0 Å². The number of nitrogens with one attached hydrogen (secondary N) is 2. The molecule has 3 rings (SSSR count). The van der Waals surface area contributed by atoms with E-state index in [2.05, 4.69) is 10.0 Å². The van der Waals surface area contributed by atoms with Gasteiger partial charge in [0, 0.05) is 12.6 Å². The van der Waals surface area contributed by atoms with Crippen molar-refractivity contribution in [2.24, 2.45) is 0 Å². The fourth-order valence-corrected chi connectivity index (χ4v) is 3.97. The van der Waals surface area contributed by atoms with Crippen LogP contribution in [-0.4, -0.2) is 34.1 Å². The van der Waals surface area contributed by atoms with Crippen molar-refractivity contribution in [1.29, 1.82) is 0 Å². The van der Waals surface area contributed by atoms with Gasteiger partial charge in [-0.05, 0) is 24.6 Å². The lowest BCUT2D eigenvalue weighted by Gasteiger charge is -2.19. The third-order valence-electron chi connectivity index (χ3n) is 3.58. The van der Waals surface area contributed by atoms with E-state index in [1.807, 2.05) is 30.3 Å². The zero-order chi connectivity index (χ0) is 18.6. The first-order chi connectivity index (χ1) is 12.5. The molecule has 1 aliphatic rings. The van der Waals surface area contributed by atoms with Crippen molar-refractivity contribution in [3.63, 3.8) is 0 Å². The van der Waals surface area contributed by atoms with Crippen LogP contribution in [0, 0.1) is 0 Å². The zero-order valence-corrected chi connectivity index (χ0v) is 15.3. The molecule has 0 saturated heterocycles. The number of ether oxygens (including phenoxy) is 2. The summed E-state index contributed by atoms with van der Waals surface area (Å²) in [6.07, 6.45) is 0.489. The summed E-state index contributed by atoms with van der Waals surface area (Å²) < 4.78 is 38.1. The van der Waals surface area contributed by atoms with Crippen molar-refractivity contribution in [3.8, 4) is 11.5 Å². The molecule has 2 N–H and O–H groups in total. The van der Waals surface area contributed by atoms with Crippen LogP contribution in [0.25, 0.3) is 0 Å². The van der Waals surface area contributed by atoms with Crippen LogP contribution in [0.5, 0.6) is 11.5 Å². The van der Waals surface area contributed by atoms with E-state index < -0.39 is 10.0 Å². The predicted molar refractivity (Wildman–Crippen MR) is 97.3 cm³/mol. The quantitative estimate of drug-likeness (QED) is 0.701. The fourth-order valence-electron chi connectivity index (χ4n) is 2.35. The van der Waals surface area contributed by atoms with Crippen LogP contribution in [0.1, 0.15) is 6.42 Å². The van der Waals surface area contributed by atoms with Crippen LogP contribution < -0.4 is 19.5 Å². The molecule has 0 fully saturated rings. The fraction of sp³-hybridized carbons (Fsp3) is 0.235. The highest BCUT2D eigenvalue weighted by Gasteiger charge is 2.24. The summed E-state index contributed by atoms with van der Waals surface area (Å²) in [7, 11) is -3.81. The van der Waals surface area contributed by atoms with Crippen molar-refractivity contribution in [3.05, 3.63) is 47.5 Å². The molecule has 26 heavy (non-hydrogen) atoms. The van der Waals surface area contributed by atoms with Gasteiger partial charge >= 0.3 is 0 Å².